The summed E-state index contributed by atoms with van der Waals surface area (Å²) < 4.78 is 0. The fourth-order valence-corrected chi connectivity index (χ4v) is 0.451. The number of nitrogens with one attached hydrogen (secondary N) is 2. The van der Waals surface area contributed by atoms with Crippen molar-refractivity contribution in [2.45, 2.75) is 13.8 Å². The van der Waals surface area contributed by atoms with Crippen molar-refractivity contribution >= 4 is 0 Å². The topological polar surface area (TPSA) is 42.5 Å². The molecule has 0 heterocycles. The van der Waals surface area contributed by atoms with Crippen LogP contribution in [0.2, 0.25) is 0 Å². The van der Waals surface area contributed by atoms with Crippen LogP contribution in [0.3, 0.4) is 0 Å². The second-order valence-corrected chi connectivity index (χ2v) is 1.65. The van der Waals surface area contributed by atoms with Crippen LogP contribution in [0.15, 0.2) is 0 Å². The van der Waals surface area contributed by atoms with E-state index in [1.165, 1.54) is 0 Å². The molecule has 0 aliphatic rings. The van der Waals surface area contributed by atoms with Gasteiger partial charge in [0.1, 0.15) is 0 Å². The molecule has 0 atom stereocenters. The Morgan fingerprint density at radius 2 is 1.30 bits per heavy atom. The third-order valence-corrected chi connectivity index (χ3v) is 0.822. The first-order valence-electron chi connectivity index (χ1n) is 3.61. The van der Waals surface area contributed by atoms with Crippen LogP contribution in [0.4, 0.5) is 0 Å². The van der Waals surface area contributed by atoms with Crippen molar-refractivity contribution in [3.8, 4) is 0 Å². The lowest BCUT2D eigenvalue weighted by molar-refractivity contribution is 0.0214. The van der Waals surface area contributed by atoms with Crippen LogP contribution >= 0.6 is 0 Å². The van der Waals surface area contributed by atoms with Gasteiger partial charge >= 0.3 is 0 Å². The minimum absolute atomic E-state index is 0.689. The zero-order valence-corrected chi connectivity index (χ0v) is 6.64. The molecule has 0 fully saturated rings. The highest BCUT2D eigenvalue weighted by Crippen LogP contribution is 1.65. The minimum atomic E-state index is 0.689. The van der Waals surface area contributed by atoms with Crippen LogP contribution in [-0.4, -0.2) is 26.3 Å². The molecule has 4 nitrogen and oxygen atoms in total. The van der Waals surface area contributed by atoms with Crippen LogP contribution in [0, 0.1) is 0 Å². The van der Waals surface area contributed by atoms with Gasteiger partial charge in [0, 0.05) is 13.1 Å². The lowest BCUT2D eigenvalue weighted by atomic mass is 10.7. The van der Waals surface area contributed by atoms with E-state index >= 15 is 0 Å². The Labute approximate surface area is 61.8 Å². The van der Waals surface area contributed by atoms with Crippen molar-refractivity contribution in [1.82, 2.24) is 11.0 Å². The number of hydrogen-bond acceptors (Lipinski definition) is 4. The largest absolute Gasteiger partial charge is 0.302 e. The molecular formula is C6H16N2O2. The van der Waals surface area contributed by atoms with E-state index in [2.05, 4.69) is 11.0 Å². The van der Waals surface area contributed by atoms with Crippen LogP contribution in [0.1, 0.15) is 13.8 Å². The van der Waals surface area contributed by atoms with E-state index in [9.17, 15) is 0 Å². The van der Waals surface area contributed by atoms with Crippen molar-refractivity contribution < 1.29 is 9.68 Å². The van der Waals surface area contributed by atoms with Gasteiger partial charge in [0.15, 0.2) is 0 Å². The van der Waals surface area contributed by atoms with Crippen LogP contribution < -0.4 is 11.0 Å². The van der Waals surface area contributed by atoms with Gasteiger partial charge in [-0.05, 0) is 13.8 Å². The Morgan fingerprint density at radius 3 is 1.60 bits per heavy atom. The van der Waals surface area contributed by atoms with Gasteiger partial charge in [0.05, 0.1) is 13.2 Å². The molecule has 0 saturated carbocycles. The molecule has 0 saturated heterocycles. The SMILES string of the molecule is CCONCCNOCC. The minimum Gasteiger partial charge on any atom is -0.302 e. The Bertz CT molecular complexity index is 53.7. The molecule has 0 rings (SSSR count). The second kappa shape index (κ2) is 8.84. The predicted octanol–water partition coefficient (Wildman–Crippen LogP) is 0.0686. The normalized spacial score (nSPS) is 10.2. The average molecular weight is 148 g/mol. The summed E-state index contributed by atoms with van der Waals surface area (Å²) in [4.78, 5) is 9.74. The summed E-state index contributed by atoms with van der Waals surface area (Å²) in [6.07, 6.45) is 0. The van der Waals surface area contributed by atoms with Crippen molar-refractivity contribution in [3.63, 3.8) is 0 Å². The summed E-state index contributed by atoms with van der Waals surface area (Å²) in [5.41, 5.74) is 5.50. The summed E-state index contributed by atoms with van der Waals surface area (Å²) in [5.74, 6) is 0. The third-order valence-electron chi connectivity index (χ3n) is 0.822. The maximum Gasteiger partial charge on any atom is 0.0653 e. The third kappa shape index (κ3) is 7.84. The first-order valence-corrected chi connectivity index (χ1v) is 3.61. The van der Waals surface area contributed by atoms with Gasteiger partial charge in [-0.25, -0.2) is 11.0 Å². The molecule has 0 amide bonds. The van der Waals surface area contributed by atoms with Crippen molar-refractivity contribution in [3.05, 3.63) is 0 Å². The molecule has 0 aromatic carbocycles. The Kier molecular flexibility index (Phi) is 8.70. The molecule has 0 aromatic heterocycles. The fraction of sp³-hybridized carbons (Fsp3) is 1.00. The molecule has 2 N–H and O–H groups in total. The number of hydrogen-bond donors (Lipinski definition) is 2. The van der Waals surface area contributed by atoms with Gasteiger partial charge in [0.25, 0.3) is 0 Å². The van der Waals surface area contributed by atoms with E-state index in [0.717, 1.165) is 13.1 Å². The van der Waals surface area contributed by atoms with E-state index < -0.39 is 0 Å². The zero-order valence-electron chi connectivity index (χ0n) is 6.64. The molecule has 0 spiro atoms. The molecule has 0 radical (unpaired) electrons. The van der Waals surface area contributed by atoms with E-state index in [-0.39, 0.29) is 0 Å². The zero-order chi connectivity index (χ0) is 7.66. The van der Waals surface area contributed by atoms with Gasteiger partial charge in [-0.3, -0.25) is 0 Å². The molecule has 0 aliphatic heterocycles. The standard InChI is InChI=1S/C6H16N2O2/c1-3-9-7-5-6-8-10-4-2/h7-8H,3-6H2,1-2H3. The Morgan fingerprint density at radius 1 is 0.900 bits per heavy atom. The molecular weight excluding hydrogens is 132 g/mol. The summed E-state index contributed by atoms with van der Waals surface area (Å²) >= 11 is 0. The molecule has 0 unspecified atom stereocenters. The monoisotopic (exact) mass is 148 g/mol. The summed E-state index contributed by atoms with van der Waals surface area (Å²) in [6.45, 7) is 6.76. The Balaban J connectivity index is 2.65. The summed E-state index contributed by atoms with van der Waals surface area (Å²) in [7, 11) is 0. The van der Waals surface area contributed by atoms with E-state index in [1.807, 2.05) is 13.8 Å². The first kappa shape index (κ1) is 9.84. The van der Waals surface area contributed by atoms with E-state index in [1.54, 1.807) is 0 Å². The number of rotatable bonds is 7. The molecule has 62 valence electrons. The van der Waals surface area contributed by atoms with E-state index in [0.29, 0.717) is 13.2 Å². The van der Waals surface area contributed by atoms with Crippen molar-refractivity contribution in [2.75, 3.05) is 26.3 Å². The van der Waals surface area contributed by atoms with Crippen molar-refractivity contribution in [1.29, 1.82) is 0 Å². The van der Waals surface area contributed by atoms with Gasteiger partial charge in [-0.1, -0.05) is 0 Å². The lowest BCUT2D eigenvalue weighted by Gasteiger charge is -2.04. The maximum atomic E-state index is 4.87. The number of hydroxylamine groups is 2. The molecule has 4 heteroatoms. The highest BCUT2D eigenvalue weighted by Gasteiger charge is 1.83. The van der Waals surface area contributed by atoms with Gasteiger partial charge < -0.3 is 9.68 Å². The summed E-state index contributed by atoms with van der Waals surface area (Å²) in [5, 5.41) is 0. The predicted molar refractivity (Wildman–Crippen MR) is 39.3 cm³/mol. The molecule has 0 bridgehead atoms. The van der Waals surface area contributed by atoms with Crippen LogP contribution in [0.5, 0.6) is 0 Å². The lowest BCUT2D eigenvalue weighted by Crippen LogP contribution is -2.27. The smallest absolute Gasteiger partial charge is 0.0653 e. The molecule has 0 aliphatic carbocycles. The molecule has 0 aromatic rings. The fourth-order valence-electron chi connectivity index (χ4n) is 0.451. The highest BCUT2D eigenvalue weighted by atomic mass is 16.7. The highest BCUT2D eigenvalue weighted by molar-refractivity contribution is 4.34. The van der Waals surface area contributed by atoms with Gasteiger partial charge in [0.2, 0.25) is 0 Å². The second-order valence-electron chi connectivity index (χ2n) is 1.65. The Hall–Kier alpha value is -0.160. The summed E-state index contributed by atoms with van der Waals surface area (Å²) in [6, 6.07) is 0. The van der Waals surface area contributed by atoms with Crippen molar-refractivity contribution in [2.24, 2.45) is 0 Å². The first-order chi connectivity index (χ1) is 4.91. The average Bonchev–Trinajstić information content (AvgIpc) is 1.97. The van der Waals surface area contributed by atoms with Gasteiger partial charge in [-0.15, -0.1) is 0 Å². The van der Waals surface area contributed by atoms with Gasteiger partial charge in [-0.2, -0.15) is 0 Å². The van der Waals surface area contributed by atoms with Crippen LogP contribution in [0.25, 0.3) is 0 Å². The molecule has 10 heavy (non-hydrogen) atoms. The quantitative estimate of drug-likeness (QED) is 0.396. The van der Waals surface area contributed by atoms with E-state index in [4.69, 9.17) is 9.68 Å². The maximum absolute atomic E-state index is 4.87. The van der Waals surface area contributed by atoms with Crippen LogP contribution in [-0.2, 0) is 9.68 Å².